The molecule has 0 saturated carbocycles. The number of alkyl halides is 3. The molecule has 4 heterocycles. The Labute approximate surface area is 258 Å². The summed E-state index contributed by atoms with van der Waals surface area (Å²) in [5, 5.41) is 8.47. The lowest BCUT2D eigenvalue weighted by molar-refractivity contribution is -0.186. The Morgan fingerprint density at radius 3 is 2.51 bits per heavy atom. The first-order valence-electron chi connectivity index (χ1n) is 13.5. The number of nitrogens with one attached hydrogen (secondary N) is 1. The predicted octanol–water partition coefficient (Wildman–Crippen LogP) is 5.52. The SMILES string of the molecule is O=C(N1CCc2ccc(S(=O)(=O)N3CCC(Nc4cc(-c5ccccc5Cl)nc5c(Br)cnn45)CC3)cc2C1)C(F)(F)F. The highest BCUT2D eigenvalue weighted by atomic mass is 79.9. The number of hydrogen-bond donors (Lipinski definition) is 1. The molecule has 4 aromatic rings. The van der Waals surface area contributed by atoms with Gasteiger partial charge < -0.3 is 10.2 Å². The first-order chi connectivity index (χ1) is 20.4. The largest absolute Gasteiger partial charge is 0.471 e. The lowest BCUT2D eigenvalue weighted by Crippen LogP contribution is -2.44. The van der Waals surface area contributed by atoms with Crippen LogP contribution in [0, 0.1) is 0 Å². The predicted molar refractivity (Wildman–Crippen MR) is 158 cm³/mol. The zero-order chi connectivity index (χ0) is 30.5. The lowest BCUT2D eigenvalue weighted by atomic mass is 10.00. The van der Waals surface area contributed by atoms with Gasteiger partial charge >= 0.3 is 12.1 Å². The fraction of sp³-hybridized carbons (Fsp3) is 0.321. The van der Waals surface area contributed by atoms with E-state index in [4.69, 9.17) is 16.6 Å². The molecule has 0 atom stereocenters. The van der Waals surface area contributed by atoms with E-state index in [9.17, 15) is 26.4 Å². The van der Waals surface area contributed by atoms with Gasteiger partial charge in [0.25, 0.3) is 0 Å². The van der Waals surface area contributed by atoms with Gasteiger partial charge in [0.2, 0.25) is 10.0 Å². The van der Waals surface area contributed by atoms with Gasteiger partial charge in [0, 0.05) is 48.9 Å². The fourth-order valence-corrected chi connectivity index (χ4v) is 7.59. The van der Waals surface area contributed by atoms with Crippen LogP contribution in [0.2, 0.25) is 5.02 Å². The van der Waals surface area contributed by atoms with Gasteiger partial charge in [0.15, 0.2) is 5.65 Å². The summed E-state index contributed by atoms with van der Waals surface area (Å²) in [6.07, 6.45) is -2.10. The number of nitrogens with zero attached hydrogens (tertiary/aromatic N) is 5. The molecule has 9 nitrogen and oxygen atoms in total. The van der Waals surface area contributed by atoms with E-state index in [1.165, 1.54) is 16.4 Å². The van der Waals surface area contributed by atoms with Crippen LogP contribution in [0.25, 0.3) is 16.9 Å². The highest BCUT2D eigenvalue weighted by molar-refractivity contribution is 9.10. The molecule has 0 spiro atoms. The molecule has 0 aliphatic carbocycles. The topological polar surface area (TPSA) is 99.9 Å². The van der Waals surface area contributed by atoms with Crippen LogP contribution in [0.3, 0.4) is 0 Å². The number of benzene rings is 2. The maximum absolute atomic E-state index is 13.5. The maximum Gasteiger partial charge on any atom is 0.471 e. The van der Waals surface area contributed by atoms with Crippen molar-refractivity contribution >= 4 is 54.9 Å². The number of anilines is 1. The Morgan fingerprint density at radius 2 is 1.79 bits per heavy atom. The summed E-state index contributed by atoms with van der Waals surface area (Å²) in [7, 11) is -3.91. The standard InChI is InChI=1S/C28H25BrClF3N6O3S/c29-22-15-34-39-25(14-24(36-26(22)39)21-3-1-2-4-23(21)30)35-19-8-11-38(12-9-19)43(41,42)20-6-5-17-7-10-37(16-18(17)13-20)27(40)28(31,32)33/h1-6,13-15,19,35H,7-12,16H2. The third kappa shape index (κ3) is 5.85. The van der Waals surface area contributed by atoms with E-state index >= 15 is 0 Å². The molecule has 0 bridgehead atoms. The van der Waals surface area contributed by atoms with E-state index in [-0.39, 0.29) is 43.5 Å². The number of piperidine rings is 1. The number of fused-ring (bicyclic) bond motifs is 2. The summed E-state index contributed by atoms with van der Waals surface area (Å²) in [5.41, 5.74) is 3.16. The van der Waals surface area contributed by atoms with Crippen molar-refractivity contribution in [2.75, 3.05) is 25.0 Å². The summed E-state index contributed by atoms with van der Waals surface area (Å²) in [6, 6.07) is 13.7. The molecule has 2 aliphatic rings. The summed E-state index contributed by atoms with van der Waals surface area (Å²) >= 11 is 9.93. The van der Waals surface area contributed by atoms with Gasteiger partial charge in [-0.05, 0) is 64.5 Å². The van der Waals surface area contributed by atoms with Crippen molar-refractivity contribution in [3.63, 3.8) is 0 Å². The smallest absolute Gasteiger partial charge is 0.367 e. The zero-order valence-electron chi connectivity index (χ0n) is 22.5. The Kier molecular flexibility index (Phi) is 7.90. The van der Waals surface area contributed by atoms with Crippen LogP contribution in [0.5, 0.6) is 0 Å². The van der Waals surface area contributed by atoms with Gasteiger partial charge in [-0.15, -0.1) is 0 Å². The summed E-state index contributed by atoms with van der Waals surface area (Å²) in [4.78, 5) is 17.2. The van der Waals surface area contributed by atoms with Crippen LogP contribution in [-0.2, 0) is 27.8 Å². The molecule has 1 fully saturated rings. The van der Waals surface area contributed by atoms with Crippen molar-refractivity contribution in [3.8, 4) is 11.3 Å². The summed E-state index contributed by atoms with van der Waals surface area (Å²) in [5.74, 6) is -1.24. The molecule has 2 aromatic heterocycles. The van der Waals surface area contributed by atoms with Crippen molar-refractivity contribution in [1.29, 1.82) is 0 Å². The number of carbonyl (C=O) groups excluding carboxylic acids is 1. The van der Waals surface area contributed by atoms with Crippen LogP contribution in [-0.4, -0.2) is 70.0 Å². The van der Waals surface area contributed by atoms with Gasteiger partial charge in [-0.25, -0.2) is 13.4 Å². The second kappa shape index (κ2) is 11.4. The van der Waals surface area contributed by atoms with E-state index in [1.807, 2.05) is 24.3 Å². The minimum Gasteiger partial charge on any atom is -0.367 e. The minimum absolute atomic E-state index is 0.000539. The van der Waals surface area contributed by atoms with E-state index < -0.39 is 22.1 Å². The maximum atomic E-state index is 13.5. The molecular formula is C28H25BrClF3N6O3S. The van der Waals surface area contributed by atoms with Crippen LogP contribution < -0.4 is 5.32 Å². The fourth-order valence-electron chi connectivity index (χ4n) is 5.49. The molecular weight excluding hydrogens is 673 g/mol. The van der Waals surface area contributed by atoms with Gasteiger partial charge in [-0.1, -0.05) is 35.9 Å². The molecule has 0 unspecified atom stereocenters. The molecule has 2 aromatic carbocycles. The number of sulfonamides is 1. The van der Waals surface area contributed by atoms with Crippen LogP contribution in [0.1, 0.15) is 24.0 Å². The number of carbonyl (C=O) groups is 1. The highest BCUT2D eigenvalue weighted by Gasteiger charge is 2.43. The van der Waals surface area contributed by atoms with E-state index in [2.05, 4.69) is 26.3 Å². The molecule has 15 heteroatoms. The molecule has 1 N–H and O–H groups in total. The monoisotopic (exact) mass is 696 g/mol. The molecule has 226 valence electrons. The van der Waals surface area contributed by atoms with Crippen LogP contribution in [0.15, 0.2) is 64.1 Å². The molecule has 2 aliphatic heterocycles. The van der Waals surface area contributed by atoms with E-state index in [1.54, 1.807) is 22.8 Å². The zero-order valence-corrected chi connectivity index (χ0v) is 25.6. The van der Waals surface area contributed by atoms with Crippen LogP contribution in [0.4, 0.5) is 19.0 Å². The van der Waals surface area contributed by atoms with Crippen molar-refractivity contribution in [1.82, 2.24) is 23.8 Å². The van der Waals surface area contributed by atoms with Gasteiger partial charge in [0.05, 0.1) is 21.3 Å². The first kappa shape index (κ1) is 29.9. The average Bonchev–Trinajstić information content (AvgIpc) is 3.36. The number of halogens is 5. The Hall–Kier alpha value is -3.20. The van der Waals surface area contributed by atoms with Crippen molar-refractivity contribution in [2.24, 2.45) is 0 Å². The Balaban J connectivity index is 1.18. The number of amides is 1. The van der Waals surface area contributed by atoms with Gasteiger partial charge in [-0.2, -0.15) is 27.1 Å². The number of hydrogen-bond acceptors (Lipinski definition) is 6. The minimum atomic E-state index is -4.98. The van der Waals surface area contributed by atoms with Crippen molar-refractivity contribution in [2.45, 2.75) is 42.9 Å². The lowest BCUT2D eigenvalue weighted by Gasteiger charge is -2.33. The molecule has 1 saturated heterocycles. The van der Waals surface area contributed by atoms with Crippen molar-refractivity contribution in [3.05, 3.63) is 75.4 Å². The number of aromatic nitrogens is 3. The second-order valence-electron chi connectivity index (χ2n) is 10.5. The van der Waals surface area contributed by atoms with Crippen LogP contribution >= 0.6 is 27.5 Å². The third-order valence-electron chi connectivity index (χ3n) is 7.74. The molecule has 1 amide bonds. The average molecular weight is 698 g/mol. The molecule has 6 rings (SSSR count). The first-order valence-corrected chi connectivity index (χ1v) is 16.1. The second-order valence-corrected chi connectivity index (χ2v) is 13.7. The Bertz CT molecular complexity index is 1830. The highest BCUT2D eigenvalue weighted by Crippen LogP contribution is 2.32. The third-order valence-corrected chi connectivity index (χ3v) is 10.5. The summed E-state index contributed by atoms with van der Waals surface area (Å²) in [6.45, 7) is 0.120. The summed E-state index contributed by atoms with van der Waals surface area (Å²) < 4.78 is 69.7. The quantitative estimate of drug-likeness (QED) is 0.295. The van der Waals surface area contributed by atoms with E-state index in [0.29, 0.717) is 50.0 Å². The van der Waals surface area contributed by atoms with Gasteiger partial charge in [0.1, 0.15) is 5.82 Å². The molecule has 0 radical (unpaired) electrons. The number of rotatable bonds is 5. The van der Waals surface area contributed by atoms with Crippen molar-refractivity contribution < 1.29 is 26.4 Å². The van der Waals surface area contributed by atoms with Gasteiger partial charge in [-0.3, -0.25) is 4.79 Å². The van der Waals surface area contributed by atoms with E-state index in [0.717, 1.165) is 11.1 Å². The Morgan fingerprint density at radius 1 is 1.05 bits per heavy atom. The molecule has 43 heavy (non-hydrogen) atoms. The normalized spacial score (nSPS) is 16.8.